The van der Waals surface area contributed by atoms with Crippen molar-refractivity contribution < 1.29 is 9.47 Å². The standard InChI is InChI=1S/C17H28N2O2S/c1-15-9-18(4-6-20-2)12-17(15)13-19(5-7-21-14-17)10-16-3-8-22-11-16/h3,8,11,15H,4-7,9-10,12-14H2,1-2H3/t15-,17+/m1/s1. The van der Waals surface area contributed by atoms with Gasteiger partial charge in [0.1, 0.15) is 0 Å². The molecular weight excluding hydrogens is 296 g/mol. The highest BCUT2D eigenvalue weighted by atomic mass is 32.1. The zero-order chi connectivity index (χ0) is 15.4. The Balaban J connectivity index is 1.66. The minimum atomic E-state index is 0.278. The molecule has 0 aliphatic carbocycles. The topological polar surface area (TPSA) is 24.9 Å². The summed E-state index contributed by atoms with van der Waals surface area (Å²) in [6.45, 7) is 11.6. The molecule has 0 unspecified atom stereocenters. The van der Waals surface area contributed by atoms with E-state index in [2.05, 4.69) is 33.6 Å². The van der Waals surface area contributed by atoms with Crippen LogP contribution < -0.4 is 0 Å². The van der Waals surface area contributed by atoms with E-state index in [1.807, 2.05) is 0 Å². The fraction of sp³-hybridized carbons (Fsp3) is 0.765. The maximum Gasteiger partial charge on any atom is 0.0593 e. The van der Waals surface area contributed by atoms with Gasteiger partial charge in [-0.25, -0.2) is 0 Å². The van der Waals surface area contributed by atoms with Crippen LogP contribution in [0, 0.1) is 11.3 Å². The van der Waals surface area contributed by atoms with Crippen molar-refractivity contribution in [3.05, 3.63) is 22.4 Å². The van der Waals surface area contributed by atoms with Crippen LogP contribution in [0.15, 0.2) is 16.8 Å². The number of ether oxygens (including phenoxy) is 2. The van der Waals surface area contributed by atoms with Crippen molar-refractivity contribution in [1.82, 2.24) is 9.80 Å². The van der Waals surface area contributed by atoms with E-state index in [0.717, 1.165) is 52.5 Å². The largest absolute Gasteiger partial charge is 0.383 e. The molecule has 4 nitrogen and oxygen atoms in total. The third kappa shape index (κ3) is 3.71. The molecule has 0 aromatic carbocycles. The molecule has 0 bridgehead atoms. The zero-order valence-electron chi connectivity index (χ0n) is 13.8. The second-order valence-corrected chi connectivity index (χ2v) is 7.67. The molecule has 3 rings (SSSR count). The molecule has 124 valence electrons. The average molecular weight is 324 g/mol. The molecule has 1 spiro atoms. The van der Waals surface area contributed by atoms with Gasteiger partial charge in [0.25, 0.3) is 0 Å². The summed E-state index contributed by atoms with van der Waals surface area (Å²) >= 11 is 1.79. The molecule has 0 radical (unpaired) electrons. The normalized spacial score (nSPS) is 30.9. The van der Waals surface area contributed by atoms with E-state index in [9.17, 15) is 0 Å². The van der Waals surface area contributed by atoms with Crippen LogP contribution in [-0.4, -0.2) is 69.5 Å². The van der Waals surface area contributed by atoms with Crippen LogP contribution in [0.5, 0.6) is 0 Å². The monoisotopic (exact) mass is 324 g/mol. The van der Waals surface area contributed by atoms with Crippen LogP contribution in [0.2, 0.25) is 0 Å². The predicted molar refractivity (Wildman–Crippen MR) is 90.3 cm³/mol. The lowest BCUT2D eigenvalue weighted by molar-refractivity contribution is 0.0489. The van der Waals surface area contributed by atoms with E-state index in [-0.39, 0.29) is 5.41 Å². The molecule has 2 atom stereocenters. The minimum Gasteiger partial charge on any atom is -0.383 e. The maximum atomic E-state index is 6.01. The summed E-state index contributed by atoms with van der Waals surface area (Å²) in [5, 5.41) is 4.44. The highest BCUT2D eigenvalue weighted by molar-refractivity contribution is 7.07. The number of methoxy groups -OCH3 is 1. The van der Waals surface area contributed by atoms with Gasteiger partial charge in [0.05, 0.1) is 19.8 Å². The Labute approximate surface area is 138 Å². The fourth-order valence-corrected chi connectivity index (χ4v) is 4.51. The smallest absolute Gasteiger partial charge is 0.0593 e. The predicted octanol–water partition coefficient (Wildman–Crippen LogP) is 2.16. The Morgan fingerprint density at radius 2 is 2.27 bits per heavy atom. The first-order valence-corrected chi connectivity index (χ1v) is 9.19. The third-order valence-electron chi connectivity index (χ3n) is 5.19. The molecule has 1 aromatic rings. The van der Waals surface area contributed by atoms with Crippen LogP contribution in [0.4, 0.5) is 0 Å². The Kier molecular flexibility index (Phi) is 5.52. The van der Waals surface area contributed by atoms with Crippen LogP contribution >= 0.6 is 11.3 Å². The molecule has 0 amide bonds. The molecule has 5 heteroatoms. The number of rotatable bonds is 5. The van der Waals surface area contributed by atoms with Crippen molar-refractivity contribution in [1.29, 1.82) is 0 Å². The maximum absolute atomic E-state index is 6.01. The molecule has 2 fully saturated rings. The van der Waals surface area contributed by atoms with Gasteiger partial charge in [-0.3, -0.25) is 4.90 Å². The molecule has 22 heavy (non-hydrogen) atoms. The van der Waals surface area contributed by atoms with Gasteiger partial charge in [-0.15, -0.1) is 0 Å². The van der Waals surface area contributed by atoms with E-state index in [0.29, 0.717) is 5.92 Å². The summed E-state index contributed by atoms with van der Waals surface area (Å²) in [6.07, 6.45) is 0. The van der Waals surface area contributed by atoms with Gasteiger partial charge in [0.15, 0.2) is 0 Å². The summed E-state index contributed by atoms with van der Waals surface area (Å²) < 4.78 is 11.3. The van der Waals surface area contributed by atoms with Crippen molar-refractivity contribution in [2.24, 2.45) is 11.3 Å². The van der Waals surface area contributed by atoms with Gasteiger partial charge in [-0.1, -0.05) is 6.92 Å². The van der Waals surface area contributed by atoms with E-state index >= 15 is 0 Å². The molecule has 2 saturated heterocycles. The van der Waals surface area contributed by atoms with Gasteiger partial charge in [0.2, 0.25) is 0 Å². The quantitative estimate of drug-likeness (QED) is 0.829. The van der Waals surface area contributed by atoms with E-state index in [4.69, 9.17) is 9.47 Å². The summed E-state index contributed by atoms with van der Waals surface area (Å²) in [4.78, 5) is 5.14. The highest BCUT2D eigenvalue weighted by Crippen LogP contribution is 2.38. The zero-order valence-corrected chi connectivity index (χ0v) is 14.6. The van der Waals surface area contributed by atoms with Gasteiger partial charge in [-0.05, 0) is 28.3 Å². The first-order chi connectivity index (χ1) is 10.7. The van der Waals surface area contributed by atoms with Crippen LogP contribution in [0.25, 0.3) is 0 Å². The molecule has 2 aliphatic rings. The summed E-state index contributed by atoms with van der Waals surface area (Å²) in [5.74, 6) is 0.674. The summed E-state index contributed by atoms with van der Waals surface area (Å²) in [7, 11) is 1.78. The molecule has 2 aliphatic heterocycles. The first kappa shape index (κ1) is 16.4. The summed E-state index contributed by atoms with van der Waals surface area (Å²) in [5.41, 5.74) is 1.71. The molecule has 0 saturated carbocycles. The second kappa shape index (κ2) is 7.41. The SMILES string of the molecule is COCCN1C[C@@H](C)[C@@]2(COCCN(Cc3ccsc3)C2)C1. The van der Waals surface area contributed by atoms with Crippen LogP contribution in [0.1, 0.15) is 12.5 Å². The lowest BCUT2D eigenvalue weighted by atomic mass is 9.79. The Bertz CT molecular complexity index is 454. The lowest BCUT2D eigenvalue weighted by Crippen LogP contribution is -2.43. The molecule has 3 heterocycles. The lowest BCUT2D eigenvalue weighted by Gasteiger charge is -2.35. The van der Waals surface area contributed by atoms with Gasteiger partial charge in [0, 0.05) is 51.8 Å². The summed E-state index contributed by atoms with van der Waals surface area (Å²) in [6, 6.07) is 2.24. The van der Waals surface area contributed by atoms with Crippen LogP contribution in [0.3, 0.4) is 0 Å². The van der Waals surface area contributed by atoms with Crippen molar-refractivity contribution in [2.45, 2.75) is 13.5 Å². The van der Waals surface area contributed by atoms with Crippen molar-refractivity contribution in [3.8, 4) is 0 Å². The van der Waals surface area contributed by atoms with Crippen molar-refractivity contribution >= 4 is 11.3 Å². The molecule has 0 N–H and O–H groups in total. The van der Waals surface area contributed by atoms with E-state index in [1.165, 1.54) is 12.1 Å². The van der Waals surface area contributed by atoms with Crippen molar-refractivity contribution in [3.63, 3.8) is 0 Å². The number of likely N-dealkylation sites (tertiary alicyclic amines) is 1. The van der Waals surface area contributed by atoms with Gasteiger partial charge in [-0.2, -0.15) is 11.3 Å². The fourth-order valence-electron chi connectivity index (χ4n) is 3.85. The number of thiophene rings is 1. The molecule has 1 aromatic heterocycles. The third-order valence-corrected chi connectivity index (χ3v) is 5.93. The number of nitrogens with zero attached hydrogens (tertiary/aromatic N) is 2. The van der Waals surface area contributed by atoms with E-state index in [1.54, 1.807) is 18.4 Å². The number of hydrogen-bond donors (Lipinski definition) is 0. The highest BCUT2D eigenvalue weighted by Gasteiger charge is 2.46. The van der Waals surface area contributed by atoms with Gasteiger partial charge >= 0.3 is 0 Å². The minimum absolute atomic E-state index is 0.278. The Morgan fingerprint density at radius 1 is 1.41 bits per heavy atom. The first-order valence-electron chi connectivity index (χ1n) is 8.24. The average Bonchev–Trinajstić information content (AvgIpc) is 3.04. The Morgan fingerprint density at radius 3 is 3.05 bits per heavy atom. The Hall–Kier alpha value is -0.460. The second-order valence-electron chi connectivity index (χ2n) is 6.89. The van der Waals surface area contributed by atoms with Gasteiger partial charge < -0.3 is 14.4 Å². The molecular formula is C17H28N2O2S. The van der Waals surface area contributed by atoms with Crippen LogP contribution in [-0.2, 0) is 16.0 Å². The van der Waals surface area contributed by atoms with E-state index < -0.39 is 0 Å². The van der Waals surface area contributed by atoms with Crippen molar-refractivity contribution in [2.75, 3.05) is 59.7 Å². The number of hydrogen-bond acceptors (Lipinski definition) is 5.